The number of carbonyl (C=O) groups excluding carboxylic acids is 2. The van der Waals surface area contributed by atoms with Crippen molar-refractivity contribution < 1.29 is 14.7 Å². The van der Waals surface area contributed by atoms with Gasteiger partial charge in [0.05, 0.1) is 17.9 Å². The Balaban J connectivity index is 1.68. The summed E-state index contributed by atoms with van der Waals surface area (Å²) in [4.78, 5) is 30.5. The average molecular weight is 357 g/mol. The lowest BCUT2D eigenvalue weighted by Gasteiger charge is -2.39. The number of benzene rings is 1. The van der Waals surface area contributed by atoms with Gasteiger partial charge in [0, 0.05) is 31.1 Å². The van der Waals surface area contributed by atoms with Crippen molar-refractivity contribution >= 4 is 28.8 Å². The van der Waals surface area contributed by atoms with Gasteiger partial charge in [0.25, 0.3) is 5.91 Å². The Morgan fingerprint density at radius 1 is 1.24 bits per heavy atom. The van der Waals surface area contributed by atoms with Gasteiger partial charge in [-0.1, -0.05) is 12.1 Å². The molecule has 0 saturated carbocycles. The number of hydrogen-bond acceptors (Lipinski definition) is 5. The van der Waals surface area contributed by atoms with Gasteiger partial charge in [0.1, 0.15) is 6.04 Å². The van der Waals surface area contributed by atoms with Crippen LogP contribution in [-0.2, 0) is 4.79 Å². The number of β-amino-alcohol motifs (C(OH)–C–C–N with tert-alkyl or cyclic N) is 1. The van der Waals surface area contributed by atoms with Crippen LogP contribution in [-0.4, -0.2) is 65.5 Å². The molecule has 1 saturated heterocycles. The highest BCUT2D eigenvalue weighted by Crippen LogP contribution is 2.31. The number of carbonyl (C=O) groups is 2. The lowest BCUT2D eigenvalue weighted by atomic mass is 10.1. The molecule has 1 aromatic carbocycles. The van der Waals surface area contributed by atoms with Gasteiger partial charge < -0.3 is 15.3 Å². The zero-order valence-electron chi connectivity index (χ0n) is 13.6. The average Bonchev–Trinajstić information content (AvgIpc) is 3.13. The number of aliphatic hydroxyl groups excluding tert-OH is 1. The van der Waals surface area contributed by atoms with Crippen molar-refractivity contribution in [2.45, 2.75) is 6.04 Å². The Hall–Kier alpha value is -2.22. The summed E-state index contributed by atoms with van der Waals surface area (Å²) in [7, 11) is 0. The topological polar surface area (TPSA) is 72.9 Å². The predicted molar refractivity (Wildman–Crippen MR) is 96.7 cm³/mol. The molecule has 4 rings (SSSR count). The molecule has 0 bridgehead atoms. The van der Waals surface area contributed by atoms with Crippen LogP contribution in [0.1, 0.15) is 10.4 Å². The van der Waals surface area contributed by atoms with Crippen molar-refractivity contribution in [1.82, 2.24) is 9.80 Å². The molecule has 6 nitrogen and oxygen atoms in total. The van der Waals surface area contributed by atoms with Gasteiger partial charge >= 0.3 is 0 Å². The molecule has 2 aliphatic heterocycles. The van der Waals surface area contributed by atoms with Crippen LogP contribution in [0, 0.1) is 0 Å². The van der Waals surface area contributed by atoms with Crippen molar-refractivity contribution in [2.24, 2.45) is 0 Å². The summed E-state index contributed by atoms with van der Waals surface area (Å²) in [6.45, 7) is 2.16. The largest absolute Gasteiger partial charge is 0.395 e. The first kappa shape index (κ1) is 16.3. The van der Waals surface area contributed by atoms with Crippen LogP contribution < -0.4 is 5.32 Å². The van der Waals surface area contributed by atoms with E-state index in [1.807, 2.05) is 40.6 Å². The summed E-state index contributed by atoms with van der Waals surface area (Å²) < 4.78 is 0. The van der Waals surface area contributed by atoms with Gasteiger partial charge in [0.15, 0.2) is 0 Å². The third kappa shape index (κ3) is 2.95. The Morgan fingerprint density at radius 3 is 2.88 bits per heavy atom. The number of rotatable bonds is 3. The van der Waals surface area contributed by atoms with Crippen molar-refractivity contribution in [3.63, 3.8) is 0 Å². The molecule has 25 heavy (non-hydrogen) atoms. The van der Waals surface area contributed by atoms with Crippen LogP contribution in [0.2, 0.25) is 0 Å². The van der Waals surface area contributed by atoms with Gasteiger partial charge in [-0.3, -0.25) is 14.5 Å². The second-order valence-corrected chi connectivity index (χ2v) is 7.21. The van der Waals surface area contributed by atoms with E-state index in [1.165, 1.54) is 0 Å². The smallest absolute Gasteiger partial charge is 0.256 e. The lowest BCUT2D eigenvalue weighted by Crippen LogP contribution is -2.58. The molecule has 2 N–H and O–H groups in total. The highest BCUT2D eigenvalue weighted by Gasteiger charge is 2.39. The summed E-state index contributed by atoms with van der Waals surface area (Å²) in [6, 6.07) is 9.08. The van der Waals surface area contributed by atoms with E-state index in [0.717, 1.165) is 10.4 Å². The van der Waals surface area contributed by atoms with E-state index in [4.69, 9.17) is 5.11 Å². The van der Waals surface area contributed by atoms with Crippen LogP contribution in [0.15, 0.2) is 35.7 Å². The SMILES string of the molecule is O=C1Nc2ccc(-c3cccs3)cc2C(=O)N2CCN(CCO)CC12. The maximum absolute atomic E-state index is 13.1. The first-order chi connectivity index (χ1) is 12.2. The number of amides is 2. The molecular formula is C18H19N3O3S. The number of nitrogens with one attached hydrogen (secondary N) is 1. The minimum absolute atomic E-state index is 0.0483. The number of anilines is 1. The van der Waals surface area contributed by atoms with Gasteiger partial charge in [-0.25, -0.2) is 0 Å². The minimum atomic E-state index is -0.523. The zero-order chi connectivity index (χ0) is 17.4. The predicted octanol–water partition coefficient (Wildman–Crippen LogP) is 1.49. The Labute approximate surface area is 149 Å². The van der Waals surface area contributed by atoms with Gasteiger partial charge in [0.2, 0.25) is 5.91 Å². The summed E-state index contributed by atoms with van der Waals surface area (Å²) in [6.07, 6.45) is 0. The second-order valence-electron chi connectivity index (χ2n) is 6.27. The summed E-state index contributed by atoms with van der Waals surface area (Å²) in [5.41, 5.74) is 2.09. The number of thiophene rings is 1. The maximum Gasteiger partial charge on any atom is 0.256 e. The van der Waals surface area contributed by atoms with E-state index in [0.29, 0.717) is 37.4 Å². The number of nitrogens with zero attached hydrogens (tertiary/aromatic N) is 2. The van der Waals surface area contributed by atoms with E-state index in [1.54, 1.807) is 16.2 Å². The fourth-order valence-corrected chi connectivity index (χ4v) is 4.17. The van der Waals surface area contributed by atoms with Crippen LogP contribution in [0.3, 0.4) is 0 Å². The molecular weight excluding hydrogens is 338 g/mol. The molecule has 130 valence electrons. The van der Waals surface area contributed by atoms with Crippen LogP contribution in [0.5, 0.6) is 0 Å². The van der Waals surface area contributed by atoms with Crippen molar-refractivity contribution in [2.75, 3.05) is 38.1 Å². The number of piperazine rings is 1. The number of aliphatic hydroxyl groups is 1. The Kier molecular flexibility index (Phi) is 4.29. The number of fused-ring (bicyclic) bond motifs is 2. The van der Waals surface area contributed by atoms with Crippen LogP contribution >= 0.6 is 11.3 Å². The van der Waals surface area contributed by atoms with E-state index >= 15 is 0 Å². The van der Waals surface area contributed by atoms with Crippen molar-refractivity contribution in [3.8, 4) is 10.4 Å². The fraction of sp³-hybridized carbons (Fsp3) is 0.333. The van der Waals surface area contributed by atoms with Gasteiger partial charge in [-0.2, -0.15) is 0 Å². The molecule has 7 heteroatoms. The minimum Gasteiger partial charge on any atom is -0.395 e. The van der Waals surface area contributed by atoms with Crippen LogP contribution in [0.4, 0.5) is 5.69 Å². The molecule has 1 aromatic heterocycles. The Bertz CT molecular complexity index is 806. The summed E-state index contributed by atoms with van der Waals surface area (Å²) in [5.74, 6) is -0.279. The first-order valence-electron chi connectivity index (χ1n) is 8.30. The fourth-order valence-electron chi connectivity index (χ4n) is 3.45. The molecule has 1 atom stereocenters. The van der Waals surface area contributed by atoms with E-state index < -0.39 is 6.04 Å². The molecule has 0 aliphatic carbocycles. The Morgan fingerprint density at radius 2 is 2.12 bits per heavy atom. The number of hydrogen-bond donors (Lipinski definition) is 2. The second kappa shape index (κ2) is 6.59. The van der Waals surface area contributed by atoms with E-state index in [-0.39, 0.29) is 18.4 Å². The molecule has 0 spiro atoms. The maximum atomic E-state index is 13.1. The zero-order valence-corrected chi connectivity index (χ0v) is 14.5. The molecule has 2 amide bonds. The van der Waals surface area contributed by atoms with Crippen molar-refractivity contribution in [1.29, 1.82) is 0 Å². The molecule has 3 heterocycles. The first-order valence-corrected chi connectivity index (χ1v) is 9.18. The van der Waals surface area contributed by atoms with Crippen LogP contribution in [0.25, 0.3) is 10.4 Å². The lowest BCUT2D eigenvalue weighted by molar-refractivity contribution is -0.122. The molecule has 2 aliphatic rings. The molecule has 1 fully saturated rings. The summed E-state index contributed by atoms with van der Waals surface area (Å²) in [5, 5.41) is 14.0. The monoisotopic (exact) mass is 357 g/mol. The third-order valence-corrected chi connectivity index (χ3v) is 5.68. The quantitative estimate of drug-likeness (QED) is 0.873. The summed E-state index contributed by atoms with van der Waals surface area (Å²) >= 11 is 1.62. The van der Waals surface area contributed by atoms with Gasteiger partial charge in [-0.05, 0) is 29.1 Å². The molecule has 2 aromatic rings. The van der Waals surface area contributed by atoms with E-state index in [2.05, 4.69) is 5.32 Å². The third-order valence-electron chi connectivity index (χ3n) is 4.76. The highest BCUT2D eigenvalue weighted by atomic mass is 32.1. The normalized spacial score (nSPS) is 20.7. The highest BCUT2D eigenvalue weighted by molar-refractivity contribution is 7.13. The van der Waals surface area contributed by atoms with E-state index in [9.17, 15) is 9.59 Å². The standard InChI is InChI=1S/C18H19N3O3S/c22-8-7-20-5-6-21-15(11-20)17(23)19-14-4-3-12(10-13(14)18(21)24)16-2-1-9-25-16/h1-4,9-10,15,22H,5-8,11H2,(H,19,23). The molecule has 1 unspecified atom stereocenters. The molecule has 0 radical (unpaired) electrons. The van der Waals surface area contributed by atoms with Crippen molar-refractivity contribution in [3.05, 3.63) is 41.3 Å². The van der Waals surface area contributed by atoms with Gasteiger partial charge in [-0.15, -0.1) is 11.3 Å².